The van der Waals surface area contributed by atoms with Gasteiger partial charge >= 0.3 is 0 Å². The lowest BCUT2D eigenvalue weighted by Gasteiger charge is -2.44. The molecular weight excluding hydrogens is 576 g/mol. The Morgan fingerprint density at radius 1 is 0.681 bits per heavy atom. The lowest BCUT2D eigenvalue weighted by atomic mass is 9.59. The smallest absolute Gasteiger partial charge is 0.165 e. The molecule has 1 aliphatic carbocycles. The van der Waals surface area contributed by atoms with Crippen LogP contribution in [-0.2, 0) is 10.8 Å². The van der Waals surface area contributed by atoms with E-state index >= 15 is 0 Å². The van der Waals surface area contributed by atoms with Crippen LogP contribution in [0.4, 0.5) is 0 Å². The Balaban J connectivity index is 1.37. The number of para-hydroxylation sites is 1. The van der Waals surface area contributed by atoms with Crippen molar-refractivity contribution in [1.82, 2.24) is 19.9 Å². The normalized spacial score (nSPS) is 16.4. The molecule has 0 amide bonds. The van der Waals surface area contributed by atoms with Crippen molar-refractivity contribution in [2.24, 2.45) is 5.41 Å². The fourth-order valence-corrected chi connectivity index (χ4v) is 6.45. The number of benzene rings is 3. The molecule has 6 rings (SSSR count). The van der Waals surface area contributed by atoms with Gasteiger partial charge in [0.15, 0.2) is 17.5 Å². The molecule has 0 saturated carbocycles. The summed E-state index contributed by atoms with van der Waals surface area (Å²) < 4.78 is 6.13. The van der Waals surface area contributed by atoms with Gasteiger partial charge in [0.05, 0.1) is 5.69 Å². The van der Waals surface area contributed by atoms with Gasteiger partial charge in [-0.2, -0.15) is 0 Å². The zero-order chi connectivity index (χ0) is 33.4. The summed E-state index contributed by atoms with van der Waals surface area (Å²) in [4.78, 5) is 19.6. The van der Waals surface area contributed by atoms with Gasteiger partial charge in [-0.25, -0.2) is 15.0 Å². The van der Waals surface area contributed by atoms with E-state index in [1.54, 1.807) is 6.08 Å². The number of hydrogen-bond acceptors (Lipinski definition) is 5. The number of allylic oxidation sites excluding steroid dienone is 4. The molecule has 47 heavy (non-hydrogen) atoms. The molecule has 0 aliphatic heterocycles. The molecule has 5 aromatic rings. The maximum Gasteiger partial charge on any atom is 0.165 e. The predicted molar refractivity (Wildman–Crippen MR) is 193 cm³/mol. The molecule has 0 bridgehead atoms. The van der Waals surface area contributed by atoms with Crippen molar-refractivity contribution in [1.29, 1.82) is 0 Å². The van der Waals surface area contributed by atoms with Crippen molar-refractivity contribution in [3.63, 3.8) is 0 Å². The second-order valence-electron chi connectivity index (χ2n) is 13.8. The molecule has 0 fully saturated rings. The lowest BCUT2D eigenvalue weighted by Crippen LogP contribution is -2.42. The number of pyridine rings is 1. The van der Waals surface area contributed by atoms with Crippen LogP contribution in [0.15, 0.2) is 128 Å². The zero-order valence-electron chi connectivity index (χ0n) is 28.4. The molecule has 0 radical (unpaired) electrons. The summed E-state index contributed by atoms with van der Waals surface area (Å²) in [5.41, 5.74) is 7.58. The lowest BCUT2D eigenvalue weighted by molar-refractivity contribution is 0.125. The summed E-state index contributed by atoms with van der Waals surface area (Å²) in [6.07, 6.45) is 7.30. The maximum absolute atomic E-state index is 6.13. The molecule has 3 aromatic carbocycles. The Morgan fingerprint density at radius 2 is 1.30 bits per heavy atom. The standard InChI is InChI=1S/C42H42N4O/c1-9-16-33(47-32-19-14-11-15-20-32)25-28(2)37-44-38(29-17-12-10-13-18-29)46-39(45-37)31-22-24-36(43-27-31)30-21-23-34-35(26-30)41(5,6)42(7,8)40(34,3)4/h9-27H,1H2,2-8H3/b28-25+,33-16+. The van der Waals surface area contributed by atoms with Gasteiger partial charge in [0, 0.05) is 22.9 Å². The third kappa shape index (κ3) is 5.83. The molecule has 0 saturated heterocycles. The number of hydrogen-bond donors (Lipinski definition) is 0. The predicted octanol–water partition coefficient (Wildman–Crippen LogP) is 10.4. The van der Waals surface area contributed by atoms with E-state index in [-0.39, 0.29) is 16.2 Å². The molecule has 0 spiro atoms. The first-order chi connectivity index (χ1) is 22.4. The Bertz CT molecular complexity index is 1990. The van der Waals surface area contributed by atoms with E-state index in [4.69, 9.17) is 24.7 Å². The van der Waals surface area contributed by atoms with Crippen molar-refractivity contribution < 1.29 is 4.74 Å². The quantitative estimate of drug-likeness (QED) is 0.128. The first-order valence-corrected chi connectivity index (χ1v) is 16.1. The van der Waals surface area contributed by atoms with Crippen molar-refractivity contribution in [3.05, 3.63) is 145 Å². The van der Waals surface area contributed by atoms with E-state index in [0.717, 1.165) is 33.7 Å². The van der Waals surface area contributed by atoms with Crippen molar-refractivity contribution in [2.45, 2.75) is 59.3 Å². The topological polar surface area (TPSA) is 60.8 Å². The van der Waals surface area contributed by atoms with Crippen LogP contribution in [0.25, 0.3) is 39.6 Å². The molecule has 0 unspecified atom stereocenters. The van der Waals surface area contributed by atoms with Crippen LogP contribution in [0.1, 0.15) is 65.4 Å². The molecule has 236 valence electrons. The average Bonchev–Trinajstić information content (AvgIpc) is 3.18. The van der Waals surface area contributed by atoms with Crippen LogP contribution in [0.2, 0.25) is 0 Å². The van der Waals surface area contributed by atoms with E-state index in [2.05, 4.69) is 72.4 Å². The van der Waals surface area contributed by atoms with Gasteiger partial charge in [0.2, 0.25) is 0 Å². The highest BCUT2D eigenvalue weighted by Gasteiger charge is 2.56. The van der Waals surface area contributed by atoms with Crippen LogP contribution >= 0.6 is 0 Å². The molecule has 0 N–H and O–H groups in total. The van der Waals surface area contributed by atoms with Gasteiger partial charge < -0.3 is 4.74 Å². The fraction of sp³-hybridized carbons (Fsp3) is 0.238. The van der Waals surface area contributed by atoms with Gasteiger partial charge in [-0.05, 0) is 82.4 Å². The van der Waals surface area contributed by atoms with Gasteiger partial charge in [-0.15, -0.1) is 0 Å². The minimum absolute atomic E-state index is 0.0230. The van der Waals surface area contributed by atoms with E-state index in [0.29, 0.717) is 23.2 Å². The first-order valence-electron chi connectivity index (χ1n) is 16.1. The van der Waals surface area contributed by atoms with Gasteiger partial charge in [0.25, 0.3) is 0 Å². The van der Waals surface area contributed by atoms with Gasteiger partial charge in [0.1, 0.15) is 11.5 Å². The fourth-order valence-electron chi connectivity index (χ4n) is 6.45. The van der Waals surface area contributed by atoms with Crippen LogP contribution in [0.5, 0.6) is 5.75 Å². The maximum atomic E-state index is 6.13. The SMILES string of the molecule is C=C/C=C(\C=C(/C)c1nc(-c2ccccc2)nc(-c2ccc(-c3ccc4c(c3)C(C)(C)C(C)(C)C4(C)C)nc2)n1)Oc1ccccc1. The number of rotatable bonds is 8. The Labute approximate surface area is 278 Å². The van der Waals surface area contributed by atoms with E-state index < -0.39 is 0 Å². The minimum Gasteiger partial charge on any atom is -0.457 e. The number of aromatic nitrogens is 4. The molecular formula is C42H42N4O. The zero-order valence-corrected chi connectivity index (χ0v) is 28.4. The van der Waals surface area contributed by atoms with E-state index in [1.165, 1.54) is 11.1 Å². The number of nitrogens with zero attached hydrogens (tertiary/aromatic N) is 4. The highest BCUT2D eigenvalue weighted by Crippen LogP contribution is 2.61. The molecule has 2 aromatic heterocycles. The molecule has 2 heterocycles. The third-order valence-electron chi connectivity index (χ3n) is 10.4. The number of ether oxygens (including phenoxy) is 1. The summed E-state index contributed by atoms with van der Waals surface area (Å²) in [5.74, 6) is 3.05. The van der Waals surface area contributed by atoms with E-state index in [1.807, 2.05) is 92.0 Å². The van der Waals surface area contributed by atoms with Gasteiger partial charge in [-0.1, -0.05) is 115 Å². The largest absolute Gasteiger partial charge is 0.457 e. The highest BCUT2D eigenvalue weighted by atomic mass is 16.5. The highest BCUT2D eigenvalue weighted by molar-refractivity contribution is 5.70. The third-order valence-corrected chi connectivity index (χ3v) is 10.4. The van der Waals surface area contributed by atoms with Crippen LogP contribution < -0.4 is 4.74 Å². The van der Waals surface area contributed by atoms with Crippen molar-refractivity contribution in [3.8, 4) is 39.8 Å². The molecule has 0 atom stereocenters. The van der Waals surface area contributed by atoms with Gasteiger partial charge in [-0.3, -0.25) is 4.98 Å². The van der Waals surface area contributed by atoms with Crippen LogP contribution in [-0.4, -0.2) is 19.9 Å². The number of fused-ring (bicyclic) bond motifs is 1. The Morgan fingerprint density at radius 3 is 1.94 bits per heavy atom. The second kappa shape index (κ2) is 12.2. The van der Waals surface area contributed by atoms with Crippen LogP contribution in [0.3, 0.4) is 0 Å². The Hall–Kier alpha value is -5.16. The molecule has 5 heteroatoms. The summed E-state index contributed by atoms with van der Waals surface area (Å²) in [6, 6.07) is 30.6. The van der Waals surface area contributed by atoms with Crippen molar-refractivity contribution >= 4 is 5.57 Å². The summed E-state index contributed by atoms with van der Waals surface area (Å²) in [6.45, 7) is 20.1. The Kier molecular flexibility index (Phi) is 8.27. The molecule has 5 nitrogen and oxygen atoms in total. The first kappa shape index (κ1) is 31.8. The summed E-state index contributed by atoms with van der Waals surface area (Å²) >= 11 is 0. The molecule has 1 aliphatic rings. The monoisotopic (exact) mass is 618 g/mol. The summed E-state index contributed by atoms with van der Waals surface area (Å²) in [7, 11) is 0. The minimum atomic E-state index is 0.0230. The van der Waals surface area contributed by atoms with Crippen LogP contribution in [0, 0.1) is 5.41 Å². The van der Waals surface area contributed by atoms with Crippen molar-refractivity contribution in [2.75, 3.05) is 0 Å². The van der Waals surface area contributed by atoms with E-state index in [9.17, 15) is 0 Å². The average molecular weight is 619 g/mol. The summed E-state index contributed by atoms with van der Waals surface area (Å²) in [5, 5.41) is 0. The second-order valence-corrected chi connectivity index (χ2v) is 13.8.